The van der Waals surface area contributed by atoms with Crippen LogP contribution in [0.4, 0.5) is 0 Å². The number of carbonyl (C=O) groups is 6. The van der Waals surface area contributed by atoms with Crippen molar-refractivity contribution in [2.24, 2.45) is 0 Å². The van der Waals surface area contributed by atoms with Crippen LogP contribution in [0.25, 0.3) is 0 Å². The number of hydrogen-bond acceptors (Lipinski definition) is 9. The fourth-order valence-electron chi connectivity index (χ4n) is 1.11. The highest BCUT2D eigenvalue weighted by Crippen LogP contribution is 1.96. The fourth-order valence-corrected chi connectivity index (χ4v) is 1.11. The summed E-state index contributed by atoms with van der Waals surface area (Å²) < 4.78 is 12.7. The van der Waals surface area contributed by atoms with E-state index in [1.807, 2.05) is 13.8 Å². The first-order chi connectivity index (χ1) is 12.5. The van der Waals surface area contributed by atoms with Gasteiger partial charge in [-0.1, -0.05) is 27.7 Å². The minimum atomic E-state index is -0.562. The molecule has 0 fully saturated rings. The predicted molar refractivity (Wildman–Crippen MR) is 95.0 cm³/mol. The van der Waals surface area contributed by atoms with E-state index in [0.717, 1.165) is 12.8 Å². The van der Waals surface area contributed by atoms with Crippen molar-refractivity contribution in [1.82, 2.24) is 0 Å². The molecule has 0 aromatic rings. The molecule has 0 aromatic heterocycles. The summed E-state index contributed by atoms with van der Waals surface area (Å²) in [6.07, 6.45) is 2.61. The van der Waals surface area contributed by atoms with Gasteiger partial charge in [0, 0.05) is 39.5 Å². The summed E-state index contributed by atoms with van der Waals surface area (Å²) in [6.45, 7) is 9.39. The second-order valence-corrected chi connectivity index (χ2v) is 4.98. The third kappa shape index (κ3) is 28.5. The second-order valence-electron chi connectivity index (χ2n) is 4.98. The normalized spacial score (nSPS) is 8.67. The molecule has 0 radical (unpaired) electrons. The minimum Gasteiger partial charge on any atom is -0.394 e. The molecule has 9 nitrogen and oxygen atoms in total. The van der Waals surface area contributed by atoms with Crippen LogP contribution in [0.1, 0.15) is 80.1 Å². The lowest BCUT2D eigenvalue weighted by atomic mass is 10.3. The van der Waals surface area contributed by atoms with Crippen LogP contribution in [0.5, 0.6) is 0 Å². The molecular weight excluding hydrogens is 360 g/mol. The van der Waals surface area contributed by atoms with Gasteiger partial charge in [0.05, 0.1) is 0 Å². The number of carbonyl (C=O) groups excluding carboxylic acids is 6. The molecule has 0 saturated carbocycles. The molecule has 156 valence electrons. The van der Waals surface area contributed by atoms with E-state index in [4.69, 9.17) is 0 Å². The SMILES string of the molecule is CC(=O)OC(C)=O.CCC(=O)OC(=O)CC.CCCC(=O)OC(=O)CCC. The van der Waals surface area contributed by atoms with E-state index in [0.29, 0.717) is 12.8 Å². The van der Waals surface area contributed by atoms with Crippen LogP contribution in [0.3, 0.4) is 0 Å². The number of hydrogen-bond donors (Lipinski definition) is 0. The van der Waals surface area contributed by atoms with Gasteiger partial charge >= 0.3 is 35.8 Å². The molecule has 0 saturated heterocycles. The van der Waals surface area contributed by atoms with Crippen molar-refractivity contribution in [3.63, 3.8) is 0 Å². The molecular formula is C18H30O9. The Morgan fingerprint density at radius 3 is 1.00 bits per heavy atom. The van der Waals surface area contributed by atoms with Gasteiger partial charge in [-0.05, 0) is 12.8 Å². The topological polar surface area (TPSA) is 130 Å². The predicted octanol–water partition coefficient (Wildman–Crippen LogP) is 2.63. The molecule has 0 amide bonds. The second kappa shape index (κ2) is 19.7. The highest BCUT2D eigenvalue weighted by molar-refractivity contribution is 5.85. The van der Waals surface area contributed by atoms with E-state index in [9.17, 15) is 28.8 Å². The molecule has 27 heavy (non-hydrogen) atoms. The molecule has 0 unspecified atom stereocenters. The molecule has 0 aromatic carbocycles. The first kappa shape index (κ1) is 29.2. The highest BCUT2D eigenvalue weighted by Gasteiger charge is 2.07. The smallest absolute Gasteiger partial charge is 0.313 e. The lowest BCUT2D eigenvalue weighted by molar-refractivity contribution is -0.161. The Labute approximate surface area is 159 Å². The first-order valence-electron chi connectivity index (χ1n) is 8.69. The number of rotatable bonds is 6. The molecule has 0 bridgehead atoms. The molecule has 0 aliphatic rings. The van der Waals surface area contributed by atoms with Gasteiger partial charge in [0.1, 0.15) is 0 Å². The molecule has 0 N–H and O–H groups in total. The minimum absolute atomic E-state index is 0.256. The zero-order valence-corrected chi connectivity index (χ0v) is 16.9. The number of ether oxygens (including phenoxy) is 3. The van der Waals surface area contributed by atoms with Crippen molar-refractivity contribution in [2.45, 2.75) is 80.1 Å². The third-order valence-corrected chi connectivity index (χ3v) is 2.23. The van der Waals surface area contributed by atoms with Crippen molar-refractivity contribution in [3.8, 4) is 0 Å². The van der Waals surface area contributed by atoms with E-state index in [-0.39, 0.29) is 12.8 Å². The number of esters is 6. The maximum Gasteiger partial charge on any atom is 0.313 e. The maximum absolute atomic E-state index is 10.7. The van der Waals surface area contributed by atoms with Gasteiger partial charge in [-0.15, -0.1) is 0 Å². The first-order valence-corrected chi connectivity index (χ1v) is 8.69. The molecule has 0 atom stereocenters. The molecule has 0 heterocycles. The average molecular weight is 390 g/mol. The maximum atomic E-state index is 10.7. The standard InChI is InChI=1S/C8H14O3.C6H10O3.C4H6O3/c1-3-5-7(9)11-8(10)6-4-2;1-3-5(7)9-6(8)4-2;1-3(5)7-4(2)6/h3-6H2,1-2H3;3-4H2,1-2H3;1-2H3. The molecule has 0 aliphatic heterocycles. The Balaban J connectivity index is -0.000000329. The van der Waals surface area contributed by atoms with E-state index < -0.39 is 35.8 Å². The van der Waals surface area contributed by atoms with Crippen molar-refractivity contribution in [2.75, 3.05) is 0 Å². The fraction of sp³-hybridized carbons (Fsp3) is 0.667. The van der Waals surface area contributed by atoms with Crippen molar-refractivity contribution in [1.29, 1.82) is 0 Å². The van der Waals surface area contributed by atoms with Crippen LogP contribution >= 0.6 is 0 Å². The lowest BCUT2D eigenvalue weighted by Gasteiger charge is -1.98. The van der Waals surface area contributed by atoms with Gasteiger partial charge in [-0.2, -0.15) is 0 Å². The molecule has 0 aliphatic carbocycles. The van der Waals surface area contributed by atoms with Crippen LogP contribution in [0.15, 0.2) is 0 Å². The third-order valence-electron chi connectivity index (χ3n) is 2.23. The zero-order valence-electron chi connectivity index (χ0n) is 16.9. The van der Waals surface area contributed by atoms with Gasteiger partial charge in [-0.3, -0.25) is 28.8 Å². The van der Waals surface area contributed by atoms with Crippen LogP contribution < -0.4 is 0 Å². The Morgan fingerprint density at radius 2 is 0.815 bits per heavy atom. The van der Waals surface area contributed by atoms with Gasteiger partial charge in [-0.25, -0.2) is 0 Å². The summed E-state index contributed by atoms with van der Waals surface area (Å²) in [7, 11) is 0. The Kier molecular flexibility index (Phi) is 21.3. The van der Waals surface area contributed by atoms with Crippen LogP contribution in [0, 0.1) is 0 Å². The summed E-state index contributed by atoms with van der Waals surface area (Å²) in [5.41, 5.74) is 0. The van der Waals surface area contributed by atoms with Crippen LogP contribution in [-0.2, 0) is 43.0 Å². The highest BCUT2D eigenvalue weighted by atomic mass is 16.6. The Bertz CT molecular complexity index is 453. The van der Waals surface area contributed by atoms with Crippen molar-refractivity contribution < 1.29 is 43.0 Å². The largest absolute Gasteiger partial charge is 0.394 e. The van der Waals surface area contributed by atoms with Gasteiger partial charge in [0.2, 0.25) is 0 Å². The van der Waals surface area contributed by atoms with Crippen LogP contribution in [-0.4, -0.2) is 35.8 Å². The summed E-state index contributed by atoms with van der Waals surface area (Å²) >= 11 is 0. The van der Waals surface area contributed by atoms with Crippen molar-refractivity contribution >= 4 is 35.8 Å². The van der Waals surface area contributed by atoms with Crippen LogP contribution in [0.2, 0.25) is 0 Å². The van der Waals surface area contributed by atoms with Gasteiger partial charge in [0.15, 0.2) is 0 Å². The molecule has 0 spiro atoms. The molecule has 9 heteroatoms. The zero-order chi connectivity index (χ0) is 21.8. The monoisotopic (exact) mass is 390 g/mol. The Hall–Kier alpha value is -2.58. The van der Waals surface area contributed by atoms with Crippen molar-refractivity contribution in [3.05, 3.63) is 0 Å². The van der Waals surface area contributed by atoms with E-state index in [1.54, 1.807) is 13.8 Å². The Morgan fingerprint density at radius 1 is 0.519 bits per heavy atom. The van der Waals surface area contributed by atoms with Gasteiger partial charge < -0.3 is 14.2 Å². The van der Waals surface area contributed by atoms with Gasteiger partial charge in [0.25, 0.3) is 0 Å². The average Bonchev–Trinajstić information content (AvgIpc) is 2.54. The summed E-state index contributed by atoms with van der Waals surface area (Å²) in [5, 5.41) is 0. The lowest BCUT2D eigenvalue weighted by Crippen LogP contribution is -2.10. The van der Waals surface area contributed by atoms with E-state index in [1.165, 1.54) is 13.8 Å². The van der Waals surface area contributed by atoms with E-state index in [2.05, 4.69) is 14.2 Å². The summed E-state index contributed by atoms with van der Waals surface area (Å²) in [5.74, 6) is -2.86. The summed E-state index contributed by atoms with van der Waals surface area (Å²) in [4.78, 5) is 61.7. The quantitative estimate of drug-likeness (QED) is 0.381. The molecule has 0 rings (SSSR count). The summed E-state index contributed by atoms with van der Waals surface area (Å²) in [6, 6.07) is 0. The van der Waals surface area contributed by atoms with E-state index >= 15 is 0 Å².